The fourth-order valence-electron chi connectivity index (χ4n) is 2.62. The van der Waals surface area contributed by atoms with Crippen LogP contribution in [0.1, 0.15) is 34.0 Å². The molecule has 3 aromatic rings. The second kappa shape index (κ2) is 9.77. The fraction of sp³-hybridized carbons (Fsp3) is 0.125. The van der Waals surface area contributed by atoms with Crippen molar-refractivity contribution in [1.29, 1.82) is 10.5 Å². The molecular formula is C24H18N2O4. The molecule has 0 aliphatic carbocycles. The van der Waals surface area contributed by atoms with Crippen molar-refractivity contribution in [3.05, 3.63) is 89.0 Å². The molecule has 0 fully saturated rings. The maximum absolute atomic E-state index is 12.2. The average Bonchev–Trinajstić information content (AvgIpc) is 2.78. The van der Waals surface area contributed by atoms with Crippen LogP contribution >= 0.6 is 0 Å². The maximum atomic E-state index is 12.2. The minimum atomic E-state index is -0.481. The third-order valence-electron chi connectivity index (χ3n) is 4.10. The Morgan fingerprint density at radius 2 is 1.43 bits per heavy atom. The summed E-state index contributed by atoms with van der Waals surface area (Å²) in [5.74, 6) is 0.882. The first kappa shape index (κ1) is 20.4. The van der Waals surface area contributed by atoms with Crippen LogP contribution in [-0.4, -0.2) is 12.6 Å². The van der Waals surface area contributed by atoms with E-state index in [0.717, 1.165) is 5.56 Å². The van der Waals surface area contributed by atoms with Crippen LogP contribution in [0, 0.1) is 22.7 Å². The van der Waals surface area contributed by atoms with Crippen LogP contribution in [0.4, 0.5) is 0 Å². The van der Waals surface area contributed by atoms with Gasteiger partial charge in [0.05, 0.1) is 35.4 Å². The molecule has 6 nitrogen and oxygen atoms in total. The number of esters is 1. The maximum Gasteiger partial charge on any atom is 0.338 e. The van der Waals surface area contributed by atoms with E-state index in [9.17, 15) is 4.79 Å². The smallest absolute Gasteiger partial charge is 0.338 e. The number of carbonyl (C=O) groups is 1. The lowest BCUT2D eigenvalue weighted by molar-refractivity contribution is 0.0525. The third-order valence-corrected chi connectivity index (χ3v) is 4.10. The highest BCUT2D eigenvalue weighted by Crippen LogP contribution is 2.28. The van der Waals surface area contributed by atoms with Gasteiger partial charge in [-0.05, 0) is 61.0 Å². The van der Waals surface area contributed by atoms with Gasteiger partial charge >= 0.3 is 5.97 Å². The highest BCUT2D eigenvalue weighted by Gasteiger charge is 2.12. The van der Waals surface area contributed by atoms with Gasteiger partial charge in [0.2, 0.25) is 0 Å². The second-order valence-electron chi connectivity index (χ2n) is 6.25. The molecule has 0 atom stereocenters. The lowest BCUT2D eigenvalue weighted by atomic mass is 10.1. The molecule has 0 N–H and O–H groups in total. The molecule has 3 aromatic carbocycles. The summed E-state index contributed by atoms with van der Waals surface area (Å²) >= 11 is 0. The second-order valence-corrected chi connectivity index (χ2v) is 6.25. The van der Waals surface area contributed by atoms with Crippen LogP contribution in [0.2, 0.25) is 0 Å². The SMILES string of the molecule is CCOC(=O)c1cc(OCc2ccc(C#N)cc2)cc(Oc2ccc(C#N)cc2)c1. The first-order chi connectivity index (χ1) is 14.6. The van der Waals surface area contributed by atoms with Crippen LogP contribution in [0.3, 0.4) is 0 Å². The molecule has 0 spiro atoms. The van der Waals surface area contributed by atoms with Gasteiger partial charge in [-0.3, -0.25) is 0 Å². The number of hydrogen-bond donors (Lipinski definition) is 0. The third kappa shape index (κ3) is 5.37. The van der Waals surface area contributed by atoms with Crippen molar-refractivity contribution >= 4 is 5.97 Å². The van der Waals surface area contributed by atoms with Crippen LogP contribution < -0.4 is 9.47 Å². The van der Waals surface area contributed by atoms with Gasteiger partial charge in [0.1, 0.15) is 23.9 Å². The van der Waals surface area contributed by atoms with E-state index in [1.165, 1.54) is 0 Å². The first-order valence-electron chi connectivity index (χ1n) is 9.23. The minimum absolute atomic E-state index is 0.251. The van der Waals surface area contributed by atoms with E-state index in [2.05, 4.69) is 12.1 Å². The fourth-order valence-corrected chi connectivity index (χ4v) is 2.62. The van der Waals surface area contributed by atoms with Crippen molar-refractivity contribution in [1.82, 2.24) is 0 Å². The zero-order chi connectivity index (χ0) is 21.3. The van der Waals surface area contributed by atoms with Gasteiger partial charge in [-0.2, -0.15) is 10.5 Å². The lowest BCUT2D eigenvalue weighted by Crippen LogP contribution is -2.06. The van der Waals surface area contributed by atoms with Gasteiger partial charge in [-0.1, -0.05) is 12.1 Å². The van der Waals surface area contributed by atoms with Crippen LogP contribution in [0.5, 0.6) is 17.2 Å². The standard InChI is InChI=1S/C24H18N2O4/c1-2-28-24(27)20-11-22(29-16-19-5-3-17(14-25)4-6-19)13-23(12-20)30-21-9-7-18(15-26)8-10-21/h3-13H,2,16H2,1H3. The zero-order valence-corrected chi connectivity index (χ0v) is 16.3. The Balaban J connectivity index is 1.82. The molecule has 0 unspecified atom stereocenters. The molecule has 0 saturated carbocycles. The Labute approximate surface area is 174 Å². The zero-order valence-electron chi connectivity index (χ0n) is 16.3. The molecule has 0 aliphatic heterocycles. The summed E-state index contributed by atoms with van der Waals surface area (Å²) in [6.07, 6.45) is 0. The number of ether oxygens (including phenoxy) is 3. The number of nitriles is 2. The van der Waals surface area contributed by atoms with Gasteiger partial charge < -0.3 is 14.2 Å². The topological polar surface area (TPSA) is 92.3 Å². The number of nitrogens with zero attached hydrogens (tertiary/aromatic N) is 2. The molecule has 0 radical (unpaired) electrons. The van der Waals surface area contributed by atoms with Crippen molar-refractivity contribution < 1.29 is 19.0 Å². The number of carbonyl (C=O) groups excluding carboxylic acids is 1. The Hall–Kier alpha value is -4.29. The van der Waals surface area contributed by atoms with Crippen LogP contribution in [0.25, 0.3) is 0 Å². The molecule has 0 saturated heterocycles. The van der Waals surface area contributed by atoms with Crippen molar-refractivity contribution in [3.63, 3.8) is 0 Å². The summed E-state index contributed by atoms with van der Waals surface area (Å²) < 4.78 is 16.8. The van der Waals surface area contributed by atoms with Crippen LogP contribution in [0.15, 0.2) is 66.7 Å². The number of hydrogen-bond acceptors (Lipinski definition) is 6. The molecule has 6 heteroatoms. The highest BCUT2D eigenvalue weighted by atomic mass is 16.5. The van der Waals surface area contributed by atoms with Crippen molar-refractivity contribution in [3.8, 4) is 29.4 Å². The quantitative estimate of drug-likeness (QED) is 0.521. The lowest BCUT2D eigenvalue weighted by Gasteiger charge is -2.12. The van der Waals surface area contributed by atoms with E-state index in [-0.39, 0.29) is 13.2 Å². The van der Waals surface area contributed by atoms with Crippen molar-refractivity contribution in [2.45, 2.75) is 13.5 Å². The van der Waals surface area contributed by atoms with E-state index in [4.69, 9.17) is 24.7 Å². The Morgan fingerprint density at radius 1 is 0.833 bits per heavy atom. The summed E-state index contributed by atoms with van der Waals surface area (Å²) in [5.41, 5.74) is 2.28. The predicted molar refractivity (Wildman–Crippen MR) is 109 cm³/mol. The summed E-state index contributed by atoms with van der Waals surface area (Å²) in [4.78, 5) is 12.2. The molecular weight excluding hydrogens is 380 g/mol. The summed E-state index contributed by atoms with van der Waals surface area (Å²) in [7, 11) is 0. The summed E-state index contributed by atoms with van der Waals surface area (Å²) in [6.45, 7) is 2.24. The van der Waals surface area contributed by atoms with Gasteiger partial charge in [0.25, 0.3) is 0 Å². The number of rotatable bonds is 7. The van der Waals surface area contributed by atoms with E-state index < -0.39 is 5.97 Å². The normalized spacial score (nSPS) is 9.83. The van der Waals surface area contributed by atoms with Gasteiger partial charge in [0.15, 0.2) is 0 Å². The van der Waals surface area contributed by atoms with E-state index in [1.54, 1.807) is 61.5 Å². The summed E-state index contributed by atoms with van der Waals surface area (Å²) in [5, 5.41) is 17.8. The van der Waals surface area contributed by atoms with Gasteiger partial charge in [-0.25, -0.2) is 4.79 Å². The van der Waals surface area contributed by atoms with E-state index in [1.807, 2.05) is 12.1 Å². The Kier molecular flexibility index (Phi) is 6.66. The largest absolute Gasteiger partial charge is 0.489 e. The van der Waals surface area contributed by atoms with Crippen LogP contribution in [-0.2, 0) is 11.3 Å². The van der Waals surface area contributed by atoms with E-state index >= 15 is 0 Å². The minimum Gasteiger partial charge on any atom is -0.489 e. The van der Waals surface area contributed by atoms with Gasteiger partial charge in [0, 0.05) is 6.07 Å². The first-order valence-corrected chi connectivity index (χ1v) is 9.23. The highest BCUT2D eigenvalue weighted by molar-refractivity contribution is 5.90. The molecule has 0 amide bonds. The molecule has 3 rings (SSSR count). The monoisotopic (exact) mass is 398 g/mol. The molecule has 148 valence electrons. The van der Waals surface area contributed by atoms with Crippen molar-refractivity contribution in [2.24, 2.45) is 0 Å². The molecule has 30 heavy (non-hydrogen) atoms. The Bertz CT molecular complexity index is 1110. The molecule has 0 bridgehead atoms. The van der Waals surface area contributed by atoms with Crippen molar-refractivity contribution in [2.75, 3.05) is 6.61 Å². The predicted octanol–water partition coefficient (Wildman–Crippen LogP) is 4.98. The van der Waals surface area contributed by atoms with E-state index in [0.29, 0.717) is 33.9 Å². The van der Waals surface area contributed by atoms with Gasteiger partial charge in [-0.15, -0.1) is 0 Å². The molecule has 0 aromatic heterocycles. The Morgan fingerprint density at radius 3 is 2.03 bits per heavy atom. The number of benzene rings is 3. The average molecular weight is 398 g/mol. The molecule has 0 aliphatic rings. The summed E-state index contributed by atoms with van der Waals surface area (Å²) in [6, 6.07) is 22.6. The molecule has 0 heterocycles.